The molecular formula is C22H25BN4O4. The monoisotopic (exact) mass is 420 g/mol. The van der Waals surface area contributed by atoms with Crippen LogP contribution < -0.4 is 10.2 Å². The summed E-state index contributed by atoms with van der Waals surface area (Å²) in [7, 11) is 1.52. The largest absolute Gasteiger partial charge is 0.371 e. The van der Waals surface area contributed by atoms with E-state index >= 15 is 0 Å². The number of carbonyl (C=O) groups excluding carboxylic acids is 4. The molecule has 1 N–H and O–H groups in total. The maximum absolute atomic E-state index is 13.0. The van der Waals surface area contributed by atoms with Crippen molar-refractivity contribution in [3.63, 3.8) is 0 Å². The number of rotatable bonds is 4. The molecule has 8 nitrogen and oxygen atoms in total. The van der Waals surface area contributed by atoms with Crippen molar-refractivity contribution >= 4 is 36.4 Å². The second kappa shape index (κ2) is 8.18. The van der Waals surface area contributed by atoms with Crippen LogP contribution in [0.5, 0.6) is 0 Å². The highest BCUT2D eigenvalue weighted by Gasteiger charge is 2.48. The molecule has 0 bridgehead atoms. The van der Waals surface area contributed by atoms with Crippen LogP contribution in [0, 0.1) is 16.6 Å². The number of imide groups is 1. The van der Waals surface area contributed by atoms with Gasteiger partial charge in [0.2, 0.25) is 11.8 Å². The SMILES string of the molecule is CN(C(=O)c1ccc(N2CCC3(CC2)CB(C#N)C3)cc1C=O)C1CCC(=O)NC1=O. The lowest BCUT2D eigenvalue weighted by Crippen LogP contribution is -2.53. The second-order valence-corrected chi connectivity index (χ2v) is 8.99. The molecule has 0 saturated carbocycles. The Balaban J connectivity index is 1.45. The third-order valence-corrected chi connectivity index (χ3v) is 7.12. The van der Waals surface area contributed by atoms with Crippen LogP contribution in [0.15, 0.2) is 18.2 Å². The normalized spacial score (nSPS) is 22.4. The van der Waals surface area contributed by atoms with Gasteiger partial charge in [-0.05, 0) is 42.9 Å². The molecule has 1 unspecified atom stereocenters. The summed E-state index contributed by atoms with van der Waals surface area (Å²) in [6.45, 7) is 1.92. The second-order valence-electron chi connectivity index (χ2n) is 8.99. The third kappa shape index (κ3) is 3.94. The Labute approximate surface area is 181 Å². The molecule has 1 atom stereocenters. The van der Waals surface area contributed by atoms with E-state index in [1.807, 2.05) is 6.07 Å². The fourth-order valence-electron chi connectivity index (χ4n) is 5.15. The molecule has 31 heavy (non-hydrogen) atoms. The van der Waals surface area contributed by atoms with Crippen LogP contribution in [0.1, 0.15) is 46.4 Å². The van der Waals surface area contributed by atoms with Gasteiger partial charge in [0, 0.05) is 43.8 Å². The molecule has 3 amide bonds. The van der Waals surface area contributed by atoms with Gasteiger partial charge >= 0.3 is 0 Å². The molecule has 3 heterocycles. The minimum atomic E-state index is -0.734. The van der Waals surface area contributed by atoms with E-state index in [0.29, 0.717) is 11.7 Å². The number of hydrogen-bond donors (Lipinski definition) is 1. The number of amides is 3. The third-order valence-electron chi connectivity index (χ3n) is 7.12. The maximum atomic E-state index is 13.0. The zero-order valence-corrected chi connectivity index (χ0v) is 17.6. The molecule has 4 rings (SSSR count). The van der Waals surface area contributed by atoms with Crippen molar-refractivity contribution < 1.29 is 19.2 Å². The Hall–Kier alpha value is -3.15. The number of nitrogens with one attached hydrogen (secondary N) is 1. The lowest BCUT2D eigenvalue weighted by Gasteiger charge is -2.49. The Morgan fingerprint density at radius 1 is 1.32 bits per heavy atom. The van der Waals surface area contributed by atoms with E-state index in [1.165, 1.54) is 11.9 Å². The first-order chi connectivity index (χ1) is 14.9. The predicted molar refractivity (Wildman–Crippen MR) is 115 cm³/mol. The molecule has 3 aliphatic rings. The Morgan fingerprint density at radius 2 is 2.03 bits per heavy atom. The summed E-state index contributed by atoms with van der Waals surface area (Å²) in [5.41, 5.74) is 1.73. The van der Waals surface area contributed by atoms with E-state index in [4.69, 9.17) is 5.26 Å². The quantitative estimate of drug-likeness (QED) is 0.450. The van der Waals surface area contributed by atoms with Gasteiger partial charge in [-0.2, -0.15) is 0 Å². The average molecular weight is 420 g/mol. The van der Waals surface area contributed by atoms with Crippen molar-refractivity contribution in [1.82, 2.24) is 10.2 Å². The van der Waals surface area contributed by atoms with Gasteiger partial charge in [-0.15, -0.1) is 0 Å². The Kier molecular flexibility index (Phi) is 5.57. The first kappa shape index (κ1) is 21.1. The van der Waals surface area contributed by atoms with E-state index in [1.54, 1.807) is 12.1 Å². The van der Waals surface area contributed by atoms with Crippen LogP contribution in [0.2, 0.25) is 12.6 Å². The van der Waals surface area contributed by atoms with Crippen molar-refractivity contribution in [3.8, 4) is 5.97 Å². The first-order valence-electron chi connectivity index (χ1n) is 10.7. The van der Waals surface area contributed by atoms with Crippen LogP contribution in [0.4, 0.5) is 5.69 Å². The summed E-state index contributed by atoms with van der Waals surface area (Å²) in [5.74, 6) is 1.10. The number of piperidine rings is 2. The number of aldehydes is 1. The highest BCUT2D eigenvalue weighted by molar-refractivity contribution is 6.70. The van der Waals surface area contributed by atoms with Gasteiger partial charge in [-0.25, -0.2) is 5.26 Å². The molecule has 0 aliphatic carbocycles. The predicted octanol–water partition coefficient (Wildman–Crippen LogP) is 1.53. The highest BCUT2D eigenvalue weighted by Crippen LogP contribution is 2.50. The van der Waals surface area contributed by atoms with E-state index in [-0.39, 0.29) is 36.6 Å². The van der Waals surface area contributed by atoms with Crippen molar-refractivity contribution in [2.45, 2.75) is 44.4 Å². The molecule has 1 aromatic rings. The van der Waals surface area contributed by atoms with Gasteiger partial charge in [0.25, 0.3) is 12.6 Å². The molecule has 160 valence electrons. The fraction of sp³-hybridized carbons (Fsp3) is 0.500. The van der Waals surface area contributed by atoms with Crippen molar-refractivity contribution in [3.05, 3.63) is 29.3 Å². The van der Waals surface area contributed by atoms with Crippen LogP contribution >= 0.6 is 0 Å². The smallest absolute Gasteiger partial charge is 0.268 e. The van der Waals surface area contributed by atoms with Gasteiger partial charge in [0.15, 0.2) is 6.29 Å². The lowest BCUT2D eigenvalue weighted by atomic mass is 9.26. The molecule has 0 aromatic heterocycles. The molecule has 1 aromatic carbocycles. The summed E-state index contributed by atoms with van der Waals surface area (Å²) in [5, 5.41) is 11.3. The summed E-state index contributed by atoms with van der Waals surface area (Å²) < 4.78 is 0. The number of likely N-dealkylation sites (N-methyl/N-ethyl adjacent to an activating group) is 1. The zero-order chi connectivity index (χ0) is 22.2. The number of anilines is 1. The molecule has 1 spiro atoms. The first-order valence-corrected chi connectivity index (χ1v) is 10.7. The summed E-state index contributed by atoms with van der Waals surface area (Å²) >= 11 is 0. The van der Waals surface area contributed by atoms with Gasteiger partial charge in [0.1, 0.15) is 6.04 Å². The molecular weight excluding hydrogens is 395 g/mol. The van der Waals surface area contributed by atoms with Gasteiger partial charge in [-0.3, -0.25) is 24.5 Å². The van der Waals surface area contributed by atoms with E-state index in [2.05, 4.69) is 16.2 Å². The van der Waals surface area contributed by atoms with Crippen LogP contribution in [-0.2, 0) is 9.59 Å². The van der Waals surface area contributed by atoms with Crippen molar-refractivity contribution in [1.29, 1.82) is 5.26 Å². The van der Waals surface area contributed by atoms with E-state index in [9.17, 15) is 19.2 Å². The van der Waals surface area contributed by atoms with Crippen LogP contribution in [-0.4, -0.2) is 61.8 Å². The summed E-state index contributed by atoms with van der Waals surface area (Å²) in [6.07, 6.45) is 5.14. The van der Waals surface area contributed by atoms with E-state index in [0.717, 1.165) is 44.3 Å². The average Bonchev–Trinajstić information content (AvgIpc) is 2.76. The number of hydrogen-bond acceptors (Lipinski definition) is 6. The highest BCUT2D eigenvalue weighted by atomic mass is 16.2. The zero-order valence-electron chi connectivity index (χ0n) is 17.6. The Bertz CT molecular complexity index is 972. The topological polar surface area (TPSA) is 111 Å². The van der Waals surface area contributed by atoms with Gasteiger partial charge in [-0.1, -0.05) is 12.6 Å². The molecule has 3 aliphatic heterocycles. The molecule has 3 saturated heterocycles. The maximum Gasteiger partial charge on any atom is 0.268 e. The van der Waals surface area contributed by atoms with Gasteiger partial charge < -0.3 is 9.80 Å². The van der Waals surface area contributed by atoms with Crippen molar-refractivity contribution in [2.24, 2.45) is 5.41 Å². The number of benzene rings is 1. The number of nitriles is 1. The standard InChI is InChI=1S/C22H25BN4O4/c1-26(18-4-5-19(29)25-20(18)30)21(31)17-3-2-16(10-15(17)11-28)27-8-6-22(7-9-27)12-23(13-22)14-24/h2-3,10-11,18H,4-9,12-13H2,1H3,(H,25,29,30). The lowest BCUT2D eigenvalue weighted by molar-refractivity contribution is -0.136. The van der Waals surface area contributed by atoms with Crippen LogP contribution in [0.3, 0.4) is 0 Å². The molecule has 3 fully saturated rings. The minimum Gasteiger partial charge on any atom is -0.371 e. The summed E-state index contributed by atoms with van der Waals surface area (Å²) in [6, 6.07) is 4.48. The molecule has 0 radical (unpaired) electrons. The number of carbonyl (C=O) groups is 4. The minimum absolute atomic E-state index is 0.180. The number of nitrogens with zero attached hydrogens (tertiary/aromatic N) is 3. The van der Waals surface area contributed by atoms with Crippen molar-refractivity contribution in [2.75, 3.05) is 25.0 Å². The van der Waals surface area contributed by atoms with E-state index < -0.39 is 17.9 Å². The van der Waals surface area contributed by atoms with Crippen LogP contribution in [0.25, 0.3) is 0 Å². The van der Waals surface area contributed by atoms with Gasteiger partial charge in [0.05, 0.1) is 5.56 Å². The summed E-state index contributed by atoms with van der Waals surface area (Å²) in [4.78, 5) is 51.7. The molecule has 9 heteroatoms. The fourth-order valence-corrected chi connectivity index (χ4v) is 5.15. The Morgan fingerprint density at radius 3 is 2.65 bits per heavy atom.